The molecule has 19 heavy (non-hydrogen) atoms. The maximum atomic E-state index is 12.1. The van der Waals surface area contributed by atoms with E-state index in [1.807, 2.05) is 25.1 Å². The molecule has 1 amide bonds. The van der Waals surface area contributed by atoms with Gasteiger partial charge in [0.05, 0.1) is 0 Å². The van der Waals surface area contributed by atoms with E-state index in [0.717, 1.165) is 34.4 Å². The number of nitrogens with one attached hydrogen (secondary N) is 2. The second-order valence-electron chi connectivity index (χ2n) is 4.69. The number of nitrogens with zero attached hydrogens (tertiary/aromatic N) is 2. The van der Waals surface area contributed by atoms with E-state index in [1.54, 1.807) is 0 Å². The molecule has 0 aliphatic heterocycles. The van der Waals surface area contributed by atoms with Gasteiger partial charge in [-0.1, -0.05) is 22.0 Å². The Morgan fingerprint density at radius 2 is 2.26 bits per heavy atom. The van der Waals surface area contributed by atoms with Gasteiger partial charge in [0, 0.05) is 16.1 Å². The highest BCUT2D eigenvalue weighted by molar-refractivity contribution is 9.10. The van der Waals surface area contributed by atoms with Crippen molar-refractivity contribution in [2.45, 2.75) is 25.7 Å². The summed E-state index contributed by atoms with van der Waals surface area (Å²) in [6.45, 7) is 1.94. The van der Waals surface area contributed by atoms with Crippen molar-refractivity contribution in [3.8, 4) is 0 Å². The quantitative estimate of drug-likeness (QED) is 0.913. The molecule has 98 valence electrons. The summed E-state index contributed by atoms with van der Waals surface area (Å²) >= 11 is 3.43. The molecule has 6 heteroatoms. The molecule has 0 spiro atoms. The summed E-state index contributed by atoms with van der Waals surface area (Å²) in [7, 11) is 0. The van der Waals surface area contributed by atoms with Crippen LogP contribution in [0.2, 0.25) is 0 Å². The van der Waals surface area contributed by atoms with Gasteiger partial charge in [0.1, 0.15) is 5.82 Å². The van der Waals surface area contributed by atoms with Crippen LogP contribution in [0.5, 0.6) is 0 Å². The predicted octanol–water partition coefficient (Wildman–Crippen LogP) is 3.01. The zero-order valence-corrected chi connectivity index (χ0v) is 12.0. The van der Waals surface area contributed by atoms with Crippen molar-refractivity contribution in [1.82, 2.24) is 15.2 Å². The van der Waals surface area contributed by atoms with E-state index in [9.17, 15) is 4.79 Å². The number of halogens is 1. The monoisotopic (exact) mass is 320 g/mol. The smallest absolute Gasteiger partial charge is 0.295 e. The number of amides is 1. The lowest BCUT2D eigenvalue weighted by Crippen LogP contribution is -2.14. The Kier molecular flexibility index (Phi) is 3.10. The van der Waals surface area contributed by atoms with Gasteiger partial charge in [0.15, 0.2) is 0 Å². The van der Waals surface area contributed by atoms with Crippen molar-refractivity contribution >= 4 is 27.5 Å². The summed E-state index contributed by atoms with van der Waals surface area (Å²) < 4.78 is 0.957. The summed E-state index contributed by atoms with van der Waals surface area (Å²) in [6.07, 6.45) is 2.25. The molecule has 1 aliphatic rings. The second kappa shape index (κ2) is 4.77. The van der Waals surface area contributed by atoms with Crippen molar-refractivity contribution in [3.05, 3.63) is 39.9 Å². The average molecular weight is 321 g/mol. The van der Waals surface area contributed by atoms with E-state index < -0.39 is 0 Å². The van der Waals surface area contributed by atoms with Crippen LogP contribution in [-0.2, 0) is 0 Å². The molecular formula is C13H13BrN4O. The molecule has 0 atom stereocenters. The van der Waals surface area contributed by atoms with Gasteiger partial charge >= 0.3 is 0 Å². The number of H-pyrrole nitrogens is 1. The number of carbonyl (C=O) groups is 1. The van der Waals surface area contributed by atoms with Gasteiger partial charge in [-0.25, -0.2) is 4.98 Å². The van der Waals surface area contributed by atoms with Crippen LogP contribution in [0.25, 0.3) is 0 Å². The fraction of sp³-hybridized carbons (Fsp3) is 0.308. The molecule has 3 rings (SSSR count). The Morgan fingerprint density at radius 3 is 3.00 bits per heavy atom. The molecule has 0 radical (unpaired) electrons. The van der Waals surface area contributed by atoms with Gasteiger partial charge in [-0.15, -0.1) is 5.10 Å². The van der Waals surface area contributed by atoms with Crippen molar-refractivity contribution in [1.29, 1.82) is 0 Å². The van der Waals surface area contributed by atoms with Crippen molar-refractivity contribution in [2.75, 3.05) is 5.32 Å². The first-order valence-electron chi connectivity index (χ1n) is 6.14. The molecule has 2 N–H and O–H groups in total. The number of hydrogen-bond acceptors (Lipinski definition) is 3. The fourth-order valence-corrected chi connectivity index (χ4v) is 2.20. The molecule has 1 saturated carbocycles. The van der Waals surface area contributed by atoms with Gasteiger partial charge < -0.3 is 5.32 Å². The first-order chi connectivity index (χ1) is 9.15. The normalized spacial score (nSPS) is 14.4. The van der Waals surface area contributed by atoms with E-state index in [1.165, 1.54) is 0 Å². The molecule has 1 fully saturated rings. The van der Waals surface area contributed by atoms with Crippen LogP contribution in [0.3, 0.4) is 0 Å². The Labute approximate surface area is 119 Å². The molecule has 0 bridgehead atoms. The molecule has 1 aliphatic carbocycles. The molecule has 5 nitrogen and oxygen atoms in total. The van der Waals surface area contributed by atoms with E-state index in [-0.39, 0.29) is 11.7 Å². The van der Waals surface area contributed by atoms with Gasteiger partial charge in [-0.2, -0.15) is 0 Å². The number of aromatic nitrogens is 3. The number of benzene rings is 1. The maximum absolute atomic E-state index is 12.1. The first-order valence-corrected chi connectivity index (χ1v) is 6.93. The molecule has 0 saturated heterocycles. The van der Waals surface area contributed by atoms with Gasteiger partial charge in [0.25, 0.3) is 5.91 Å². The van der Waals surface area contributed by atoms with Gasteiger partial charge in [-0.3, -0.25) is 9.89 Å². The molecular weight excluding hydrogens is 308 g/mol. The number of anilines is 1. The van der Waals surface area contributed by atoms with Crippen LogP contribution in [-0.4, -0.2) is 21.1 Å². The lowest BCUT2D eigenvalue weighted by atomic mass is 10.2. The predicted molar refractivity (Wildman–Crippen MR) is 75.2 cm³/mol. The maximum Gasteiger partial charge on any atom is 0.295 e. The molecule has 1 aromatic carbocycles. The standard InChI is InChI=1S/C13H13BrN4O/c1-7-9(14)3-2-4-10(7)15-13(19)12-16-11(17-18-12)8-5-6-8/h2-4,8H,5-6H2,1H3,(H,15,19)(H,16,17,18). The Hall–Kier alpha value is -1.69. The minimum atomic E-state index is -0.288. The third-order valence-corrected chi connectivity index (χ3v) is 4.04. The van der Waals surface area contributed by atoms with Crippen LogP contribution in [0.15, 0.2) is 22.7 Å². The molecule has 2 aromatic rings. The number of hydrogen-bond donors (Lipinski definition) is 2. The molecule has 0 unspecified atom stereocenters. The number of aromatic amines is 1. The summed E-state index contributed by atoms with van der Waals surface area (Å²) in [5, 5.41) is 9.62. The number of rotatable bonds is 3. The summed E-state index contributed by atoms with van der Waals surface area (Å²) in [6, 6.07) is 5.66. The fourth-order valence-electron chi connectivity index (χ4n) is 1.84. The van der Waals surface area contributed by atoms with Gasteiger partial charge in [-0.05, 0) is 37.5 Å². The zero-order chi connectivity index (χ0) is 13.4. The van der Waals surface area contributed by atoms with Crippen molar-refractivity contribution < 1.29 is 4.79 Å². The Bertz CT molecular complexity index is 633. The Balaban J connectivity index is 1.78. The van der Waals surface area contributed by atoms with Crippen LogP contribution >= 0.6 is 15.9 Å². The highest BCUT2D eigenvalue weighted by atomic mass is 79.9. The van der Waals surface area contributed by atoms with E-state index >= 15 is 0 Å². The summed E-state index contributed by atoms with van der Waals surface area (Å²) in [4.78, 5) is 16.3. The van der Waals surface area contributed by atoms with Crippen LogP contribution in [0, 0.1) is 6.92 Å². The lowest BCUT2D eigenvalue weighted by Gasteiger charge is -2.07. The highest BCUT2D eigenvalue weighted by Gasteiger charge is 2.28. The van der Waals surface area contributed by atoms with Crippen LogP contribution in [0.1, 0.15) is 40.8 Å². The third kappa shape index (κ3) is 2.53. The van der Waals surface area contributed by atoms with Crippen molar-refractivity contribution in [3.63, 3.8) is 0 Å². The van der Waals surface area contributed by atoms with Gasteiger partial charge in [0.2, 0.25) is 5.82 Å². The third-order valence-electron chi connectivity index (χ3n) is 3.19. The second-order valence-corrected chi connectivity index (χ2v) is 5.54. The van der Waals surface area contributed by atoms with Crippen molar-refractivity contribution in [2.24, 2.45) is 0 Å². The molecule has 1 heterocycles. The van der Waals surface area contributed by atoms with E-state index in [2.05, 4.69) is 36.4 Å². The van der Waals surface area contributed by atoms with Crippen LogP contribution < -0.4 is 5.32 Å². The first kappa shape index (κ1) is 12.3. The number of carbonyl (C=O) groups excluding carboxylic acids is 1. The zero-order valence-electron chi connectivity index (χ0n) is 10.4. The SMILES string of the molecule is Cc1c(Br)cccc1NC(=O)c1n[nH]c(C2CC2)n1. The van der Waals surface area contributed by atoms with E-state index in [4.69, 9.17) is 0 Å². The Morgan fingerprint density at radius 1 is 1.47 bits per heavy atom. The largest absolute Gasteiger partial charge is 0.319 e. The van der Waals surface area contributed by atoms with Crippen LogP contribution in [0.4, 0.5) is 5.69 Å². The van der Waals surface area contributed by atoms with E-state index in [0.29, 0.717) is 5.92 Å². The average Bonchev–Trinajstić information content (AvgIpc) is 3.12. The highest BCUT2D eigenvalue weighted by Crippen LogP contribution is 2.37. The summed E-state index contributed by atoms with van der Waals surface area (Å²) in [5.74, 6) is 1.18. The minimum Gasteiger partial charge on any atom is -0.319 e. The molecule has 1 aromatic heterocycles. The summed E-state index contributed by atoms with van der Waals surface area (Å²) in [5.41, 5.74) is 1.74. The topological polar surface area (TPSA) is 70.7 Å². The minimum absolute atomic E-state index is 0.196. The lowest BCUT2D eigenvalue weighted by molar-refractivity contribution is 0.101.